The van der Waals surface area contributed by atoms with Crippen molar-refractivity contribution in [3.8, 4) is 0 Å². The minimum Gasteiger partial charge on any atom is -0.321 e. The van der Waals surface area contributed by atoms with Gasteiger partial charge in [-0.05, 0) is 62.2 Å². The maximum Gasteiger partial charge on any atom is 0.256 e. The third-order valence-corrected chi connectivity index (χ3v) is 3.91. The van der Waals surface area contributed by atoms with Crippen LogP contribution in [0.15, 0.2) is 51.4 Å². The molecule has 0 aliphatic carbocycles. The summed E-state index contributed by atoms with van der Waals surface area (Å²) in [5, 5.41) is 3.38. The highest BCUT2D eigenvalue weighted by atomic mass is 79.9. The number of halogens is 3. The molecule has 0 aromatic heterocycles. The third-order valence-electron chi connectivity index (χ3n) is 2.30. The Bertz CT molecular complexity index is 601. The number of nitrogens with one attached hydrogen (secondary N) is 1. The van der Waals surface area contributed by atoms with E-state index in [4.69, 9.17) is 11.6 Å². The molecule has 0 aliphatic heterocycles. The van der Waals surface area contributed by atoms with Crippen LogP contribution in [0.25, 0.3) is 0 Å². The summed E-state index contributed by atoms with van der Waals surface area (Å²) in [5.41, 5.74) is 1.22. The lowest BCUT2D eigenvalue weighted by molar-refractivity contribution is 0.102. The highest BCUT2D eigenvalue weighted by molar-refractivity contribution is 9.11. The molecule has 2 nitrogen and oxygen atoms in total. The standard InChI is InChI=1S/C13H8Br2ClNO/c14-10-4-2-1-3-9(10)13(18)17-12-7-8(16)5-6-11(12)15/h1-7H,(H,17,18). The molecule has 2 aromatic rings. The smallest absolute Gasteiger partial charge is 0.256 e. The molecule has 0 aliphatic rings. The zero-order chi connectivity index (χ0) is 13.1. The zero-order valence-electron chi connectivity index (χ0n) is 9.08. The van der Waals surface area contributed by atoms with E-state index in [1.54, 1.807) is 24.3 Å². The Hall–Kier alpha value is -0.840. The molecule has 0 atom stereocenters. The van der Waals surface area contributed by atoms with E-state index in [0.717, 1.165) is 8.95 Å². The third kappa shape index (κ3) is 3.13. The predicted molar refractivity (Wildman–Crippen MR) is 81.2 cm³/mol. The van der Waals surface area contributed by atoms with E-state index in [0.29, 0.717) is 16.3 Å². The van der Waals surface area contributed by atoms with Gasteiger partial charge in [0.1, 0.15) is 0 Å². The summed E-state index contributed by atoms with van der Waals surface area (Å²) in [6.45, 7) is 0. The van der Waals surface area contributed by atoms with Gasteiger partial charge in [0, 0.05) is 14.0 Å². The van der Waals surface area contributed by atoms with Crippen LogP contribution in [0, 0.1) is 0 Å². The van der Waals surface area contributed by atoms with Crippen molar-refractivity contribution >= 4 is 55.1 Å². The van der Waals surface area contributed by atoms with Crippen molar-refractivity contribution in [3.05, 3.63) is 62.0 Å². The summed E-state index contributed by atoms with van der Waals surface area (Å²) < 4.78 is 1.54. The topological polar surface area (TPSA) is 29.1 Å². The van der Waals surface area contributed by atoms with Gasteiger partial charge in [0.15, 0.2) is 0 Å². The Morgan fingerprint density at radius 3 is 2.50 bits per heavy atom. The number of carbonyl (C=O) groups excluding carboxylic acids is 1. The van der Waals surface area contributed by atoms with E-state index in [1.807, 2.05) is 18.2 Å². The van der Waals surface area contributed by atoms with Crippen molar-refractivity contribution in [1.29, 1.82) is 0 Å². The fourth-order valence-corrected chi connectivity index (χ4v) is 2.41. The lowest BCUT2D eigenvalue weighted by atomic mass is 10.2. The minimum atomic E-state index is -0.189. The van der Waals surface area contributed by atoms with Crippen LogP contribution in [-0.4, -0.2) is 5.91 Å². The Kier molecular flexibility index (Phi) is 4.43. The van der Waals surface area contributed by atoms with E-state index >= 15 is 0 Å². The fraction of sp³-hybridized carbons (Fsp3) is 0. The first-order chi connectivity index (χ1) is 8.58. The van der Waals surface area contributed by atoms with E-state index in [1.165, 1.54) is 0 Å². The molecule has 0 saturated carbocycles. The van der Waals surface area contributed by atoms with E-state index in [-0.39, 0.29) is 5.91 Å². The van der Waals surface area contributed by atoms with Crippen molar-refractivity contribution in [3.63, 3.8) is 0 Å². The van der Waals surface area contributed by atoms with Crippen LogP contribution < -0.4 is 5.32 Å². The van der Waals surface area contributed by atoms with Crippen molar-refractivity contribution in [2.45, 2.75) is 0 Å². The molecule has 92 valence electrons. The van der Waals surface area contributed by atoms with Crippen LogP contribution >= 0.6 is 43.5 Å². The summed E-state index contributed by atoms with van der Waals surface area (Å²) in [6, 6.07) is 12.5. The summed E-state index contributed by atoms with van der Waals surface area (Å²) in [7, 11) is 0. The van der Waals surface area contributed by atoms with Gasteiger partial charge in [0.25, 0.3) is 5.91 Å². The van der Waals surface area contributed by atoms with Crippen molar-refractivity contribution in [2.75, 3.05) is 5.32 Å². The first-order valence-electron chi connectivity index (χ1n) is 5.09. The van der Waals surface area contributed by atoms with Crippen LogP contribution in [-0.2, 0) is 0 Å². The number of carbonyl (C=O) groups is 1. The van der Waals surface area contributed by atoms with Crippen molar-refractivity contribution in [2.24, 2.45) is 0 Å². The second-order valence-corrected chi connectivity index (χ2v) is 5.70. The molecule has 0 unspecified atom stereocenters. The molecule has 0 fully saturated rings. The Morgan fingerprint density at radius 2 is 1.78 bits per heavy atom. The van der Waals surface area contributed by atoms with E-state index in [9.17, 15) is 4.79 Å². The van der Waals surface area contributed by atoms with E-state index in [2.05, 4.69) is 37.2 Å². The van der Waals surface area contributed by atoms with Gasteiger partial charge < -0.3 is 5.32 Å². The zero-order valence-corrected chi connectivity index (χ0v) is 13.0. The Balaban J connectivity index is 2.27. The molecule has 2 rings (SSSR count). The van der Waals surface area contributed by atoms with Crippen LogP contribution in [0.4, 0.5) is 5.69 Å². The number of amides is 1. The first-order valence-corrected chi connectivity index (χ1v) is 7.05. The Labute approximate surface area is 127 Å². The second kappa shape index (κ2) is 5.87. The van der Waals surface area contributed by atoms with Crippen LogP contribution in [0.2, 0.25) is 5.02 Å². The van der Waals surface area contributed by atoms with Crippen molar-refractivity contribution in [1.82, 2.24) is 0 Å². The van der Waals surface area contributed by atoms with Gasteiger partial charge in [-0.1, -0.05) is 23.7 Å². The lowest BCUT2D eigenvalue weighted by Gasteiger charge is -2.09. The second-order valence-electron chi connectivity index (χ2n) is 3.56. The highest BCUT2D eigenvalue weighted by Gasteiger charge is 2.11. The van der Waals surface area contributed by atoms with Gasteiger partial charge in [-0.3, -0.25) is 4.79 Å². The molecule has 0 bridgehead atoms. The molecule has 2 aromatic carbocycles. The Morgan fingerprint density at radius 1 is 1.06 bits per heavy atom. The quantitative estimate of drug-likeness (QED) is 0.759. The molecule has 0 radical (unpaired) electrons. The summed E-state index contributed by atoms with van der Waals surface area (Å²) in [5.74, 6) is -0.189. The number of rotatable bonds is 2. The normalized spacial score (nSPS) is 10.2. The van der Waals surface area contributed by atoms with Crippen molar-refractivity contribution < 1.29 is 4.79 Å². The molecule has 1 N–H and O–H groups in total. The summed E-state index contributed by atoms with van der Waals surface area (Å²) >= 11 is 12.6. The van der Waals surface area contributed by atoms with Crippen LogP contribution in [0.5, 0.6) is 0 Å². The van der Waals surface area contributed by atoms with Gasteiger partial charge in [-0.2, -0.15) is 0 Å². The van der Waals surface area contributed by atoms with Gasteiger partial charge in [0.2, 0.25) is 0 Å². The van der Waals surface area contributed by atoms with E-state index < -0.39 is 0 Å². The summed E-state index contributed by atoms with van der Waals surface area (Å²) in [4.78, 5) is 12.1. The first kappa shape index (κ1) is 13.6. The fourth-order valence-electron chi connectivity index (χ4n) is 1.43. The maximum absolute atomic E-state index is 12.1. The molecule has 18 heavy (non-hydrogen) atoms. The largest absolute Gasteiger partial charge is 0.321 e. The van der Waals surface area contributed by atoms with Gasteiger partial charge in [-0.15, -0.1) is 0 Å². The highest BCUT2D eigenvalue weighted by Crippen LogP contribution is 2.27. The molecule has 1 amide bonds. The lowest BCUT2D eigenvalue weighted by Crippen LogP contribution is -2.12. The molecule has 0 heterocycles. The predicted octanol–water partition coefficient (Wildman–Crippen LogP) is 5.12. The van der Waals surface area contributed by atoms with Crippen LogP contribution in [0.1, 0.15) is 10.4 Å². The average Bonchev–Trinajstić information content (AvgIpc) is 2.34. The van der Waals surface area contributed by atoms with Crippen LogP contribution in [0.3, 0.4) is 0 Å². The van der Waals surface area contributed by atoms with Gasteiger partial charge in [0.05, 0.1) is 11.3 Å². The molecule has 0 spiro atoms. The number of anilines is 1. The average molecular weight is 389 g/mol. The SMILES string of the molecule is O=C(Nc1cc(Cl)ccc1Br)c1ccccc1Br. The minimum absolute atomic E-state index is 0.189. The number of hydrogen-bond donors (Lipinski definition) is 1. The molecular weight excluding hydrogens is 381 g/mol. The maximum atomic E-state index is 12.1. The summed E-state index contributed by atoms with van der Waals surface area (Å²) in [6.07, 6.45) is 0. The molecular formula is C13H8Br2ClNO. The molecule has 5 heteroatoms. The van der Waals surface area contributed by atoms with Gasteiger partial charge in [-0.25, -0.2) is 0 Å². The van der Waals surface area contributed by atoms with Gasteiger partial charge >= 0.3 is 0 Å². The number of benzene rings is 2. The number of hydrogen-bond acceptors (Lipinski definition) is 1. The monoisotopic (exact) mass is 387 g/mol. The molecule has 0 saturated heterocycles.